The van der Waals surface area contributed by atoms with E-state index in [4.69, 9.17) is 16.3 Å². The van der Waals surface area contributed by atoms with Crippen LogP contribution < -0.4 is 10.3 Å². The summed E-state index contributed by atoms with van der Waals surface area (Å²) in [5, 5.41) is 6.21. The van der Waals surface area contributed by atoms with E-state index in [1.54, 1.807) is 6.07 Å². The van der Waals surface area contributed by atoms with Gasteiger partial charge in [-0.25, -0.2) is 5.10 Å². The van der Waals surface area contributed by atoms with Gasteiger partial charge in [-0.3, -0.25) is 4.79 Å². The highest BCUT2D eigenvalue weighted by molar-refractivity contribution is 6.29. The Morgan fingerprint density at radius 1 is 1.41 bits per heavy atom. The molecule has 0 saturated carbocycles. The number of H-pyrrole nitrogens is 1. The van der Waals surface area contributed by atoms with Crippen molar-refractivity contribution in [1.82, 2.24) is 10.2 Å². The van der Waals surface area contributed by atoms with Gasteiger partial charge in [-0.2, -0.15) is 5.10 Å². The average Bonchev–Trinajstić information content (AvgIpc) is 2.33. The smallest absolute Gasteiger partial charge is 0.272 e. The van der Waals surface area contributed by atoms with Gasteiger partial charge < -0.3 is 4.74 Å². The molecule has 1 N–H and O–H groups in total. The molecule has 0 aliphatic heterocycles. The van der Waals surface area contributed by atoms with Crippen molar-refractivity contribution in [2.75, 3.05) is 6.61 Å². The van der Waals surface area contributed by atoms with Crippen molar-refractivity contribution in [3.05, 3.63) is 45.8 Å². The van der Waals surface area contributed by atoms with E-state index in [1.165, 1.54) is 6.07 Å². The molecule has 0 atom stereocenters. The van der Waals surface area contributed by atoms with Crippen LogP contribution in [-0.4, -0.2) is 16.8 Å². The van der Waals surface area contributed by atoms with E-state index in [1.807, 2.05) is 25.1 Å². The summed E-state index contributed by atoms with van der Waals surface area (Å²) in [4.78, 5) is 11.6. The first kappa shape index (κ1) is 11.7. The Kier molecular flexibility index (Phi) is 3.44. The Balaban J connectivity index is 2.49. The number of nitrogens with zero attached hydrogens (tertiary/aromatic N) is 1. The second-order valence-electron chi connectivity index (χ2n) is 3.39. The third kappa shape index (κ3) is 2.65. The highest BCUT2D eigenvalue weighted by Gasteiger charge is 2.06. The molecule has 17 heavy (non-hydrogen) atoms. The number of benzene rings is 1. The molecular formula is C12H11ClN2O2. The lowest BCUT2D eigenvalue weighted by Gasteiger charge is -2.05. The predicted octanol–water partition coefficient (Wildman–Crippen LogP) is 2.49. The summed E-state index contributed by atoms with van der Waals surface area (Å²) in [6.07, 6.45) is 0. The molecule has 2 rings (SSSR count). The molecular weight excluding hydrogens is 240 g/mol. The maximum atomic E-state index is 11.6. The van der Waals surface area contributed by atoms with E-state index in [0.29, 0.717) is 12.2 Å². The predicted molar refractivity (Wildman–Crippen MR) is 66.5 cm³/mol. The molecule has 1 aromatic heterocycles. The third-order valence-corrected chi connectivity index (χ3v) is 2.42. The van der Waals surface area contributed by atoms with Gasteiger partial charge in [0, 0.05) is 0 Å². The minimum atomic E-state index is -0.275. The van der Waals surface area contributed by atoms with Crippen molar-refractivity contribution in [2.45, 2.75) is 6.92 Å². The number of rotatable bonds is 3. The first-order chi connectivity index (χ1) is 8.20. The monoisotopic (exact) mass is 250 g/mol. The zero-order valence-electron chi connectivity index (χ0n) is 9.24. The van der Waals surface area contributed by atoms with Crippen LogP contribution in [0, 0.1) is 0 Å². The van der Waals surface area contributed by atoms with Gasteiger partial charge in [-0.1, -0.05) is 23.7 Å². The van der Waals surface area contributed by atoms with E-state index in [0.717, 1.165) is 11.3 Å². The summed E-state index contributed by atoms with van der Waals surface area (Å²) in [5.41, 5.74) is 0.955. The standard InChI is InChI=1S/C12H11ClN2O2/c1-2-17-9-5-3-4-8(6-9)10-7-11(13)14-15-12(10)16/h3-7H,2H2,1H3,(H,15,16). The molecule has 0 aliphatic carbocycles. The quantitative estimate of drug-likeness (QED) is 0.911. The van der Waals surface area contributed by atoms with E-state index in [-0.39, 0.29) is 10.7 Å². The molecule has 0 fully saturated rings. The molecule has 0 saturated heterocycles. The first-order valence-electron chi connectivity index (χ1n) is 5.19. The van der Waals surface area contributed by atoms with Crippen molar-refractivity contribution in [3.63, 3.8) is 0 Å². The largest absolute Gasteiger partial charge is 0.494 e. The van der Waals surface area contributed by atoms with Crippen molar-refractivity contribution >= 4 is 11.6 Å². The average molecular weight is 251 g/mol. The highest BCUT2D eigenvalue weighted by atomic mass is 35.5. The van der Waals surface area contributed by atoms with Gasteiger partial charge >= 0.3 is 0 Å². The number of aromatic nitrogens is 2. The second-order valence-corrected chi connectivity index (χ2v) is 3.78. The van der Waals surface area contributed by atoms with Crippen LogP contribution in [0.25, 0.3) is 11.1 Å². The van der Waals surface area contributed by atoms with Crippen LogP contribution in [0.5, 0.6) is 5.75 Å². The summed E-state index contributed by atoms with van der Waals surface area (Å²) >= 11 is 5.76. The zero-order chi connectivity index (χ0) is 12.3. The van der Waals surface area contributed by atoms with Crippen LogP contribution >= 0.6 is 11.6 Å². The van der Waals surface area contributed by atoms with Gasteiger partial charge in [-0.05, 0) is 30.7 Å². The fourth-order valence-electron chi connectivity index (χ4n) is 1.52. The Bertz CT molecular complexity index is 581. The molecule has 0 amide bonds. The van der Waals surface area contributed by atoms with Gasteiger partial charge in [-0.15, -0.1) is 0 Å². The normalized spacial score (nSPS) is 10.2. The molecule has 2 aromatic rings. The van der Waals surface area contributed by atoms with Crippen LogP contribution in [0.4, 0.5) is 0 Å². The summed E-state index contributed by atoms with van der Waals surface area (Å²) in [6, 6.07) is 8.82. The van der Waals surface area contributed by atoms with Crippen molar-refractivity contribution in [1.29, 1.82) is 0 Å². The summed E-state index contributed by atoms with van der Waals surface area (Å²) in [5.74, 6) is 0.720. The van der Waals surface area contributed by atoms with Crippen molar-refractivity contribution in [3.8, 4) is 16.9 Å². The fourth-order valence-corrected chi connectivity index (χ4v) is 1.67. The van der Waals surface area contributed by atoms with Gasteiger partial charge in [0.2, 0.25) is 0 Å². The lowest BCUT2D eigenvalue weighted by atomic mass is 10.1. The SMILES string of the molecule is CCOc1cccc(-c2cc(Cl)n[nH]c2=O)c1. The Morgan fingerprint density at radius 2 is 2.24 bits per heavy atom. The maximum Gasteiger partial charge on any atom is 0.272 e. The third-order valence-electron chi connectivity index (χ3n) is 2.23. The Morgan fingerprint density at radius 3 is 3.00 bits per heavy atom. The molecule has 1 heterocycles. The van der Waals surface area contributed by atoms with E-state index < -0.39 is 0 Å². The van der Waals surface area contributed by atoms with Crippen LogP contribution in [0.3, 0.4) is 0 Å². The zero-order valence-corrected chi connectivity index (χ0v) is 9.99. The van der Waals surface area contributed by atoms with Crippen LogP contribution in [0.15, 0.2) is 35.1 Å². The number of ether oxygens (including phenoxy) is 1. The lowest BCUT2D eigenvalue weighted by Crippen LogP contribution is -2.10. The molecule has 5 heteroatoms. The summed E-state index contributed by atoms with van der Waals surface area (Å²) in [7, 11) is 0. The fraction of sp³-hybridized carbons (Fsp3) is 0.167. The van der Waals surface area contributed by atoms with Crippen molar-refractivity contribution < 1.29 is 4.74 Å². The van der Waals surface area contributed by atoms with Crippen LogP contribution in [0.2, 0.25) is 5.15 Å². The van der Waals surface area contributed by atoms with Crippen LogP contribution in [0.1, 0.15) is 6.92 Å². The number of hydrogen-bond donors (Lipinski definition) is 1. The first-order valence-corrected chi connectivity index (χ1v) is 5.57. The van der Waals surface area contributed by atoms with E-state index >= 15 is 0 Å². The summed E-state index contributed by atoms with van der Waals surface area (Å²) < 4.78 is 5.38. The van der Waals surface area contributed by atoms with E-state index in [9.17, 15) is 4.79 Å². The van der Waals surface area contributed by atoms with Gasteiger partial charge in [0.05, 0.1) is 12.2 Å². The summed E-state index contributed by atoms with van der Waals surface area (Å²) in [6.45, 7) is 2.49. The molecule has 1 aromatic carbocycles. The topological polar surface area (TPSA) is 55.0 Å². The van der Waals surface area contributed by atoms with Crippen molar-refractivity contribution in [2.24, 2.45) is 0 Å². The van der Waals surface area contributed by atoms with E-state index in [2.05, 4.69) is 10.2 Å². The highest BCUT2D eigenvalue weighted by Crippen LogP contribution is 2.22. The Hall–Kier alpha value is -1.81. The maximum absolute atomic E-state index is 11.6. The number of halogens is 1. The van der Waals surface area contributed by atoms with Gasteiger partial charge in [0.1, 0.15) is 10.9 Å². The minimum absolute atomic E-state index is 0.251. The number of nitrogens with one attached hydrogen (secondary N) is 1. The molecule has 0 spiro atoms. The van der Waals surface area contributed by atoms with Crippen LogP contribution in [-0.2, 0) is 0 Å². The van der Waals surface area contributed by atoms with Gasteiger partial charge in [0.25, 0.3) is 5.56 Å². The Labute approximate surface area is 103 Å². The lowest BCUT2D eigenvalue weighted by molar-refractivity contribution is 0.340. The molecule has 4 nitrogen and oxygen atoms in total. The molecule has 0 unspecified atom stereocenters. The minimum Gasteiger partial charge on any atom is -0.494 e. The number of hydrogen-bond acceptors (Lipinski definition) is 3. The molecule has 88 valence electrons. The van der Waals surface area contributed by atoms with Gasteiger partial charge in [0.15, 0.2) is 0 Å². The second kappa shape index (κ2) is 5.01. The molecule has 0 bridgehead atoms. The number of aromatic amines is 1. The molecule has 0 aliphatic rings. The molecule has 0 radical (unpaired) electrons.